The van der Waals surface area contributed by atoms with E-state index < -0.39 is 28.7 Å². The lowest BCUT2D eigenvalue weighted by Gasteiger charge is -2.36. The van der Waals surface area contributed by atoms with Crippen LogP contribution in [-0.4, -0.2) is 74.0 Å². The topological polar surface area (TPSA) is 95.9 Å². The van der Waals surface area contributed by atoms with Crippen LogP contribution in [0.15, 0.2) is 0 Å². The molecule has 0 saturated carbocycles. The Morgan fingerprint density at radius 2 is 2.11 bits per heavy atom. The number of nitrogens with zero attached hydrogens (tertiary/aromatic N) is 1. The summed E-state index contributed by atoms with van der Waals surface area (Å²) in [4.78, 5) is 40.8. The molecule has 3 unspecified atom stereocenters. The molecular formula is C18H27BrN2O5S. The quantitative estimate of drug-likeness (QED) is 0.450. The number of nitrogens with one attached hydrogen (secondary N) is 1. The SMILES string of the molecule is CCOC(=O)[C@H]1[C@H]2C(=O)N([C@H](C)CO)C(C(=O)NC(C)C)C23CC(Br)[C@@H]1S3. The molecule has 27 heavy (non-hydrogen) atoms. The Morgan fingerprint density at radius 3 is 2.67 bits per heavy atom. The molecule has 0 aromatic rings. The van der Waals surface area contributed by atoms with Crippen LogP contribution in [0.3, 0.4) is 0 Å². The standard InChI is InChI=1S/C18H27BrN2O5S/c1-5-26-17(25)11-12-16(24)21(9(4)7-22)14(15(23)20-8(2)3)18(12)6-10(19)13(11)27-18/h8-14,22H,5-7H2,1-4H3,(H,20,23)/t9-,10?,11+,12+,13+,14?,18?/m1/s1. The second kappa shape index (κ2) is 7.55. The van der Waals surface area contributed by atoms with E-state index >= 15 is 0 Å². The van der Waals surface area contributed by atoms with E-state index in [1.807, 2.05) is 13.8 Å². The number of amides is 2. The van der Waals surface area contributed by atoms with Gasteiger partial charge in [-0.15, -0.1) is 11.8 Å². The fraction of sp³-hybridized carbons (Fsp3) is 0.833. The second-order valence-electron chi connectivity index (χ2n) is 7.86. The van der Waals surface area contributed by atoms with E-state index in [1.165, 1.54) is 4.90 Å². The first-order chi connectivity index (χ1) is 12.7. The molecule has 1 spiro atoms. The van der Waals surface area contributed by atoms with Crippen molar-refractivity contribution in [2.24, 2.45) is 11.8 Å². The highest BCUT2D eigenvalue weighted by molar-refractivity contribution is 9.09. The number of aliphatic hydroxyl groups is 1. The Balaban J connectivity index is 2.06. The highest BCUT2D eigenvalue weighted by Crippen LogP contribution is 2.68. The number of hydrogen-bond acceptors (Lipinski definition) is 6. The highest BCUT2D eigenvalue weighted by atomic mass is 79.9. The largest absolute Gasteiger partial charge is 0.466 e. The number of aliphatic hydroxyl groups excluding tert-OH is 1. The summed E-state index contributed by atoms with van der Waals surface area (Å²) in [5, 5.41) is 12.5. The lowest BCUT2D eigenvalue weighted by molar-refractivity contribution is -0.154. The Hall–Kier alpha value is -0.800. The average molecular weight is 463 g/mol. The number of fused-ring (bicyclic) bond motifs is 1. The molecule has 0 radical (unpaired) electrons. The van der Waals surface area contributed by atoms with Gasteiger partial charge in [-0.1, -0.05) is 15.9 Å². The Morgan fingerprint density at radius 1 is 1.44 bits per heavy atom. The van der Waals surface area contributed by atoms with Crippen LogP contribution in [0.4, 0.5) is 0 Å². The summed E-state index contributed by atoms with van der Waals surface area (Å²) in [7, 11) is 0. The molecule has 152 valence electrons. The van der Waals surface area contributed by atoms with Crippen LogP contribution in [0.25, 0.3) is 0 Å². The number of halogens is 1. The van der Waals surface area contributed by atoms with Crippen molar-refractivity contribution in [3.8, 4) is 0 Å². The molecule has 2 N–H and O–H groups in total. The number of alkyl halides is 1. The molecule has 2 amide bonds. The van der Waals surface area contributed by atoms with Crippen LogP contribution in [0.5, 0.6) is 0 Å². The van der Waals surface area contributed by atoms with Crippen LogP contribution in [0.2, 0.25) is 0 Å². The smallest absolute Gasteiger partial charge is 0.310 e. The summed E-state index contributed by atoms with van der Waals surface area (Å²) in [6, 6.07) is -1.29. The van der Waals surface area contributed by atoms with E-state index in [4.69, 9.17) is 4.74 Å². The van der Waals surface area contributed by atoms with Crippen molar-refractivity contribution in [3.63, 3.8) is 0 Å². The predicted molar refractivity (Wildman–Crippen MR) is 106 cm³/mol. The Labute approximate surface area is 172 Å². The number of likely N-dealkylation sites (tertiary alicyclic amines) is 1. The molecule has 3 saturated heterocycles. The van der Waals surface area contributed by atoms with Gasteiger partial charge in [0.2, 0.25) is 11.8 Å². The zero-order chi connectivity index (χ0) is 20.1. The minimum absolute atomic E-state index is 0.0275. The summed E-state index contributed by atoms with van der Waals surface area (Å²) in [5.74, 6) is -2.00. The number of carbonyl (C=O) groups is 3. The first-order valence-electron chi connectivity index (χ1n) is 9.41. The molecule has 3 fully saturated rings. The van der Waals surface area contributed by atoms with Gasteiger partial charge in [-0.2, -0.15) is 0 Å². The zero-order valence-corrected chi connectivity index (χ0v) is 18.4. The molecule has 9 heteroatoms. The van der Waals surface area contributed by atoms with E-state index in [2.05, 4.69) is 21.2 Å². The molecule has 0 aliphatic carbocycles. The summed E-state index contributed by atoms with van der Waals surface area (Å²) < 4.78 is 4.58. The summed E-state index contributed by atoms with van der Waals surface area (Å²) in [6.45, 7) is 7.23. The third-order valence-corrected chi connectivity index (χ3v) is 8.92. The summed E-state index contributed by atoms with van der Waals surface area (Å²) in [6.07, 6.45) is 0.624. The monoisotopic (exact) mass is 462 g/mol. The minimum Gasteiger partial charge on any atom is -0.466 e. The van der Waals surface area contributed by atoms with Crippen molar-refractivity contribution < 1.29 is 24.2 Å². The van der Waals surface area contributed by atoms with E-state index in [1.54, 1.807) is 25.6 Å². The first kappa shape index (κ1) is 20.9. The maximum Gasteiger partial charge on any atom is 0.310 e. The van der Waals surface area contributed by atoms with Gasteiger partial charge in [-0.25, -0.2) is 0 Å². The molecule has 3 aliphatic heterocycles. The van der Waals surface area contributed by atoms with Gasteiger partial charge in [0.25, 0.3) is 0 Å². The molecule has 3 heterocycles. The van der Waals surface area contributed by atoms with Crippen LogP contribution >= 0.6 is 27.7 Å². The van der Waals surface area contributed by atoms with Gasteiger partial charge in [-0.05, 0) is 34.1 Å². The zero-order valence-electron chi connectivity index (χ0n) is 16.0. The highest BCUT2D eigenvalue weighted by Gasteiger charge is 2.76. The number of esters is 1. The molecule has 7 nitrogen and oxygen atoms in total. The van der Waals surface area contributed by atoms with Crippen molar-refractivity contribution in [2.45, 2.75) is 67.1 Å². The van der Waals surface area contributed by atoms with Crippen molar-refractivity contribution in [2.75, 3.05) is 13.2 Å². The van der Waals surface area contributed by atoms with Crippen LogP contribution in [0.1, 0.15) is 34.1 Å². The number of carbonyl (C=O) groups excluding carboxylic acids is 3. The molecular weight excluding hydrogens is 436 g/mol. The van der Waals surface area contributed by atoms with Crippen LogP contribution in [-0.2, 0) is 19.1 Å². The second-order valence-corrected chi connectivity index (χ2v) is 10.6. The Bertz CT molecular complexity index is 647. The number of rotatable bonds is 6. The van der Waals surface area contributed by atoms with Gasteiger partial charge in [0, 0.05) is 16.1 Å². The van der Waals surface area contributed by atoms with Crippen molar-refractivity contribution in [1.29, 1.82) is 0 Å². The van der Waals surface area contributed by atoms with E-state index in [0.29, 0.717) is 6.42 Å². The molecule has 3 rings (SSSR count). The molecule has 3 aliphatic rings. The van der Waals surface area contributed by atoms with E-state index in [-0.39, 0.29) is 47.1 Å². The first-order valence-corrected chi connectivity index (χ1v) is 11.2. The molecule has 2 bridgehead atoms. The lowest BCUT2D eigenvalue weighted by atomic mass is 9.71. The maximum absolute atomic E-state index is 13.4. The van der Waals surface area contributed by atoms with Crippen molar-refractivity contribution in [1.82, 2.24) is 10.2 Å². The summed E-state index contributed by atoms with van der Waals surface area (Å²) in [5.41, 5.74) is 0. The molecule has 0 aromatic heterocycles. The third kappa shape index (κ3) is 3.09. The lowest BCUT2D eigenvalue weighted by Crippen LogP contribution is -2.57. The number of hydrogen-bond donors (Lipinski definition) is 2. The number of thioether (sulfide) groups is 1. The van der Waals surface area contributed by atoms with Crippen molar-refractivity contribution in [3.05, 3.63) is 0 Å². The van der Waals surface area contributed by atoms with Crippen molar-refractivity contribution >= 4 is 45.5 Å². The summed E-state index contributed by atoms with van der Waals surface area (Å²) >= 11 is 5.23. The normalized spacial score (nSPS) is 38.3. The van der Waals surface area contributed by atoms with E-state index in [9.17, 15) is 19.5 Å². The van der Waals surface area contributed by atoms with Crippen LogP contribution in [0, 0.1) is 11.8 Å². The van der Waals surface area contributed by atoms with Gasteiger partial charge in [0.05, 0.1) is 35.8 Å². The average Bonchev–Trinajstić information content (AvgIpc) is 3.17. The van der Waals surface area contributed by atoms with Gasteiger partial charge < -0.3 is 20.1 Å². The fourth-order valence-electron chi connectivity index (χ4n) is 4.80. The van der Waals surface area contributed by atoms with E-state index in [0.717, 1.165) is 0 Å². The van der Waals surface area contributed by atoms with Crippen LogP contribution < -0.4 is 5.32 Å². The minimum atomic E-state index is -0.714. The molecule has 7 atom stereocenters. The number of ether oxygens (including phenoxy) is 1. The molecule has 0 aromatic carbocycles. The van der Waals surface area contributed by atoms with Gasteiger partial charge in [-0.3, -0.25) is 14.4 Å². The third-order valence-electron chi connectivity index (χ3n) is 5.70. The maximum atomic E-state index is 13.4. The van der Waals surface area contributed by atoms with Gasteiger partial charge in [0.1, 0.15) is 6.04 Å². The fourth-order valence-corrected chi connectivity index (χ4v) is 8.39. The van der Waals surface area contributed by atoms with Gasteiger partial charge >= 0.3 is 5.97 Å². The Kier molecular flexibility index (Phi) is 5.85. The van der Waals surface area contributed by atoms with Gasteiger partial charge in [0.15, 0.2) is 0 Å². The predicted octanol–water partition coefficient (Wildman–Crippen LogP) is 0.920.